The second-order valence-corrected chi connectivity index (χ2v) is 5.61. The number of ether oxygens (including phenoxy) is 1. The van der Waals surface area contributed by atoms with Gasteiger partial charge >= 0.3 is 12.4 Å². The van der Waals surface area contributed by atoms with Gasteiger partial charge < -0.3 is 10.5 Å². The normalized spacial score (nSPS) is 12.4. The number of nitrogen functional groups attached to an aromatic ring is 1. The van der Waals surface area contributed by atoms with Gasteiger partial charge in [0.2, 0.25) is 0 Å². The number of benzene rings is 2. The first-order valence-corrected chi connectivity index (χ1v) is 7.18. The second-order valence-electron chi connectivity index (χ2n) is 5.61. The van der Waals surface area contributed by atoms with Crippen molar-refractivity contribution in [1.82, 2.24) is 0 Å². The minimum Gasteiger partial charge on any atom is -0.398 e. The lowest BCUT2D eigenvalue weighted by molar-refractivity contribution is -0.143. The highest BCUT2D eigenvalue weighted by molar-refractivity contribution is 5.48. The van der Waals surface area contributed by atoms with E-state index in [4.69, 9.17) is 10.5 Å². The van der Waals surface area contributed by atoms with Gasteiger partial charge in [-0.05, 0) is 42.3 Å². The zero-order valence-electron chi connectivity index (χ0n) is 13.1. The largest absolute Gasteiger partial charge is 0.416 e. The van der Waals surface area contributed by atoms with Crippen LogP contribution in [-0.4, -0.2) is 0 Å². The number of hydrogen-bond acceptors (Lipinski definition) is 2. The van der Waals surface area contributed by atoms with Gasteiger partial charge in [-0.1, -0.05) is 12.1 Å². The molecule has 0 aliphatic carbocycles. The number of rotatable bonds is 4. The summed E-state index contributed by atoms with van der Waals surface area (Å²) in [5.41, 5.74) is 4.82. The summed E-state index contributed by atoms with van der Waals surface area (Å²) in [7, 11) is 0. The SMILES string of the molecule is Cc1ccc(COCc2cc(C(F)(F)F)cc(C(F)(F)F)c2)c(N)c1. The average Bonchev–Trinajstić information content (AvgIpc) is 2.47. The molecule has 25 heavy (non-hydrogen) atoms. The maximum Gasteiger partial charge on any atom is 0.416 e. The van der Waals surface area contributed by atoms with Gasteiger partial charge in [0, 0.05) is 11.3 Å². The predicted octanol–water partition coefficient (Wildman–Crippen LogP) is 5.33. The average molecular weight is 363 g/mol. The highest BCUT2D eigenvalue weighted by Gasteiger charge is 2.36. The Bertz CT molecular complexity index is 720. The summed E-state index contributed by atoms with van der Waals surface area (Å²) in [5.74, 6) is 0. The Morgan fingerprint density at radius 2 is 1.40 bits per heavy atom. The first kappa shape index (κ1) is 19.1. The molecule has 2 N–H and O–H groups in total. The fourth-order valence-corrected chi connectivity index (χ4v) is 2.23. The van der Waals surface area contributed by atoms with Crippen LogP contribution in [0.2, 0.25) is 0 Å². The zero-order chi connectivity index (χ0) is 18.8. The molecule has 0 heterocycles. The highest BCUT2D eigenvalue weighted by Crippen LogP contribution is 2.36. The standard InChI is InChI=1S/C17H15F6NO/c1-10-2-3-12(15(24)4-10)9-25-8-11-5-13(16(18,19)20)7-14(6-11)17(21,22)23/h2-7H,8-9,24H2,1H3. The lowest BCUT2D eigenvalue weighted by Crippen LogP contribution is -2.12. The van der Waals surface area contributed by atoms with E-state index in [1.54, 1.807) is 18.2 Å². The van der Waals surface area contributed by atoms with Gasteiger partial charge in [-0.2, -0.15) is 26.3 Å². The molecule has 0 unspecified atom stereocenters. The minimum absolute atomic E-state index is 0.0241. The first-order chi connectivity index (χ1) is 11.5. The van der Waals surface area contributed by atoms with Crippen LogP contribution in [0.3, 0.4) is 0 Å². The van der Waals surface area contributed by atoms with Crippen LogP contribution in [0.15, 0.2) is 36.4 Å². The van der Waals surface area contributed by atoms with Gasteiger partial charge in [0.15, 0.2) is 0 Å². The van der Waals surface area contributed by atoms with Gasteiger partial charge in [0.05, 0.1) is 24.3 Å². The summed E-state index contributed by atoms with van der Waals surface area (Å²) in [6.45, 7) is 1.41. The fourth-order valence-electron chi connectivity index (χ4n) is 2.23. The van der Waals surface area contributed by atoms with Crippen LogP contribution in [-0.2, 0) is 30.3 Å². The Morgan fingerprint density at radius 3 is 1.88 bits per heavy atom. The van der Waals surface area contributed by atoms with Crippen LogP contribution in [0.25, 0.3) is 0 Å². The van der Waals surface area contributed by atoms with Crippen LogP contribution in [0.1, 0.15) is 27.8 Å². The Hall–Kier alpha value is -2.22. The maximum absolute atomic E-state index is 12.8. The molecule has 0 saturated heterocycles. The molecule has 2 rings (SSSR count). The summed E-state index contributed by atoms with van der Waals surface area (Å²) < 4.78 is 82.0. The molecule has 2 aromatic carbocycles. The van der Waals surface area contributed by atoms with Crippen molar-refractivity contribution in [3.8, 4) is 0 Å². The number of hydrogen-bond donors (Lipinski definition) is 1. The topological polar surface area (TPSA) is 35.2 Å². The van der Waals surface area contributed by atoms with Crippen molar-refractivity contribution >= 4 is 5.69 Å². The van der Waals surface area contributed by atoms with Crippen molar-refractivity contribution in [2.24, 2.45) is 0 Å². The summed E-state index contributed by atoms with van der Waals surface area (Å²) in [4.78, 5) is 0. The molecule has 136 valence electrons. The third-order valence-corrected chi connectivity index (χ3v) is 3.48. The zero-order valence-corrected chi connectivity index (χ0v) is 13.1. The quantitative estimate of drug-likeness (QED) is 0.589. The number of nitrogens with two attached hydrogens (primary N) is 1. The monoisotopic (exact) mass is 363 g/mol. The Balaban J connectivity index is 2.18. The first-order valence-electron chi connectivity index (χ1n) is 7.18. The van der Waals surface area contributed by atoms with E-state index in [2.05, 4.69) is 0 Å². The van der Waals surface area contributed by atoms with Crippen molar-refractivity contribution in [1.29, 1.82) is 0 Å². The molecule has 8 heteroatoms. The van der Waals surface area contributed by atoms with E-state index in [-0.39, 0.29) is 18.2 Å². The number of anilines is 1. The third kappa shape index (κ3) is 5.12. The van der Waals surface area contributed by atoms with Gasteiger partial charge in [0.1, 0.15) is 0 Å². The molecule has 0 fully saturated rings. The van der Waals surface area contributed by atoms with Crippen molar-refractivity contribution < 1.29 is 31.1 Å². The van der Waals surface area contributed by atoms with E-state index >= 15 is 0 Å². The van der Waals surface area contributed by atoms with Crippen molar-refractivity contribution in [3.05, 3.63) is 64.2 Å². The van der Waals surface area contributed by atoms with Crippen molar-refractivity contribution in [2.45, 2.75) is 32.5 Å². The molecule has 2 aromatic rings. The smallest absolute Gasteiger partial charge is 0.398 e. The highest BCUT2D eigenvalue weighted by atomic mass is 19.4. The minimum atomic E-state index is -4.88. The summed E-state index contributed by atoms with van der Waals surface area (Å²) in [6.07, 6.45) is -9.76. The predicted molar refractivity (Wildman–Crippen MR) is 80.5 cm³/mol. The molecule has 0 saturated carbocycles. The van der Waals surface area contributed by atoms with Gasteiger partial charge in [-0.15, -0.1) is 0 Å². The number of aryl methyl sites for hydroxylation is 1. The van der Waals surface area contributed by atoms with E-state index in [9.17, 15) is 26.3 Å². The van der Waals surface area contributed by atoms with Gasteiger partial charge in [-0.25, -0.2) is 0 Å². The second kappa shape index (κ2) is 6.95. The molecule has 0 radical (unpaired) electrons. The molecular weight excluding hydrogens is 348 g/mol. The van der Waals surface area contributed by atoms with Crippen LogP contribution in [0.5, 0.6) is 0 Å². The molecule has 2 nitrogen and oxygen atoms in total. The number of alkyl halides is 6. The Labute approximate surface area is 140 Å². The Kier molecular flexibility index (Phi) is 5.31. The molecule has 0 aromatic heterocycles. The van der Waals surface area contributed by atoms with Crippen LogP contribution < -0.4 is 5.73 Å². The lowest BCUT2D eigenvalue weighted by atomic mass is 10.1. The van der Waals surface area contributed by atoms with Crippen LogP contribution in [0, 0.1) is 6.92 Å². The van der Waals surface area contributed by atoms with Crippen LogP contribution >= 0.6 is 0 Å². The molecule has 0 spiro atoms. The van der Waals surface area contributed by atoms with E-state index in [1.165, 1.54) is 0 Å². The third-order valence-electron chi connectivity index (χ3n) is 3.48. The molecule has 0 bridgehead atoms. The van der Waals surface area contributed by atoms with E-state index in [1.807, 2.05) is 6.92 Å². The van der Waals surface area contributed by atoms with E-state index < -0.39 is 30.1 Å². The molecule has 0 atom stereocenters. The Morgan fingerprint density at radius 1 is 0.840 bits per heavy atom. The van der Waals surface area contributed by atoms with E-state index in [0.29, 0.717) is 23.4 Å². The summed E-state index contributed by atoms with van der Waals surface area (Å²) in [5, 5.41) is 0. The van der Waals surface area contributed by atoms with E-state index in [0.717, 1.165) is 5.56 Å². The number of halogens is 6. The van der Waals surface area contributed by atoms with Gasteiger partial charge in [-0.3, -0.25) is 0 Å². The van der Waals surface area contributed by atoms with Crippen LogP contribution in [0.4, 0.5) is 32.0 Å². The molecule has 0 amide bonds. The summed E-state index contributed by atoms with van der Waals surface area (Å²) >= 11 is 0. The summed E-state index contributed by atoms with van der Waals surface area (Å²) in [6, 6.07) is 6.55. The maximum atomic E-state index is 12.8. The molecule has 0 aliphatic heterocycles. The molecular formula is C17H15F6NO. The lowest BCUT2D eigenvalue weighted by Gasteiger charge is -2.14. The van der Waals surface area contributed by atoms with Crippen molar-refractivity contribution in [3.63, 3.8) is 0 Å². The molecule has 0 aliphatic rings. The van der Waals surface area contributed by atoms with Crippen molar-refractivity contribution in [2.75, 3.05) is 5.73 Å². The van der Waals surface area contributed by atoms with Gasteiger partial charge in [0.25, 0.3) is 0 Å². The fraction of sp³-hybridized carbons (Fsp3) is 0.294.